The Labute approximate surface area is 226 Å². The fourth-order valence-electron chi connectivity index (χ4n) is 6.57. The molecule has 1 saturated heterocycles. The summed E-state index contributed by atoms with van der Waals surface area (Å²) < 4.78 is 14.7. The second kappa shape index (κ2) is 8.94. The molecule has 1 spiro atoms. The molecule has 2 amide bonds. The molecule has 4 atom stereocenters. The minimum Gasteiger partial charge on any atom is -0.390 e. The smallest absolute Gasteiger partial charge is 0.238 e. The molecule has 1 aliphatic carbocycles. The maximum atomic E-state index is 14.7. The Morgan fingerprint density at radius 2 is 1.86 bits per heavy atom. The first-order chi connectivity index (χ1) is 17.2. The average Bonchev–Trinajstić information content (AvgIpc) is 3.20. The van der Waals surface area contributed by atoms with E-state index in [2.05, 4.69) is 36.7 Å². The predicted octanol–water partition coefficient (Wildman–Crippen LogP) is 4.91. The van der Waals surface area contributed by atoms with Gasteiger partial charge in [-0.25, -0.2) is 4.39 Å². The molecule has 2 aliphatic heterocycles. The van der Waals surface area contributed by atoms with E-state index in [4.69, 9.17) is 23.2 Å². The van der Waals surface area contributed by atoms with Gasteiger partial charge in [0.2, 0.25) is 11.8 Å². The molecule has 2 aromatic rings. The number of halogens is 3. The summed E-state index contributed by atoms with van der Waals surface area (Å²) in [5.41, 5.74) is -0.444. The molecule has 9 heteroatoms. The van der Waals surface area contributed by atoms with Gasteiger partial charge in [-0.15, -0.1) is 0 Å². The van der Waals surface area contributed by atoms with Crippen molar-refractivity contribution in [2.75, 3.05) is 5.32 Å². The molecule has 3 aliphatic rings. The number of carbonyl (C=O) groups excluding carboxylic acids is 2. The number of benzene rings is 2. The molecule has 2 heterocycles. The second-order valence-electron chi connectivity index (χ2n) is 12.3. The lowest BCUT2D eigenvalue weighted by Crippen LogP contribution is -2.57. The number of hydrogen-bond acceptors (Lipinski definition) is 4. The van der Waals surface area contributed by atoms with Gasteiger partial charge >= 0.3 is 0 Å². The molecule has 1 saturated carbocycles. The normalized spacial score (nSPS) is 32.7. The fraction of sp³-hybridized carbons (Fsp3) is 0.500. The summed E-state index contributed by atoms with van der Waals surface area (Å²) in [6.45, 7) is 7.97. The van der Waals surface area contributed by atoms with E-state index in [-0.39, 0.29) is 28.3 Å². The average molecular weight is 548 g/mol. The van der Waals surface area contributed by atoms with Crippen molar-refractivity contribution in [2.24, 2.45) is 5.41 Å². The summed E-state index contributed by atoms with van der Waals surface area (Å²) in [5, 5.41) is 20.4. The molecule has 0 bridgehead atoms. The van der Waals surface area contributed by atoms with E-state index in [0.29, 0.717) is 35.5 Å². The molecule has 2 fully saturated rings. The number of rotatable bonds is 4. The Morgan fingerprint density at radius 1 is 1.16 bits per heavy atom. The third-order valence-electron chi connectivity index (χ3n) is 7.87. The SMILES string of the molecule is CC(C)(C)C[C@@H]1N[C@@H](C(=O)NC2CC(C)(O)C2)[C@H](c2cc(F)cc(Cl)c2)C12C(=O)Nc1cc(Cl)ccc12. The van der Waals surface area contributed by atoms with E-state index in [1.54, 1.807) is 25.1 Å². The fourth-order valence-corrected chi connectivity index (χ4v) is 6.97. The predicted molar refractivity (Wildman–Crippen MR) is 142 cm³/mol. The van der Waals surface area contributed by atoms with Crippen LogP contribution in [0.15, 0.2) is 36.4 Å². The summed E-state index contributed by atoms with van der Waals surface area (Å²) >= 11 is 12.6. The van der Waals surface area contributed by atoms with Crippen molar-refractivity contribution < 1.29 is 19.1 Å². The van der Waals surface area contributed by atoms with Gasteiger partial charge in [-0.3, -0.25) is 9.59 Å². The Kier molecular flexibility index (Phi) is 6.38. The van der Waals surface area contributed by atoms with Crippen molar-refractivity contribution >= 4 is 40.7 Å². The van der Waals surface area contributed by atoms with E-state index in [1.165, 1.54) is 12.1 Å². The highest BCUT2D eigenvalue weighted by Gasteiger charge is 2.66. The van der Waals surface area contributed by atoms with Crippen LogP contribution in [0.1, 0.15) is 64.0 Å². The molecule has 198 valence electrons. The van der Waals surface area contributed by atoms with Crippen LogP contribution in [0.4, 0.5) is 10.1 Å². The minimum absolute atomic E-state index is 0.179. The minimum atomic E-state index is -1.21. The van der Waals surface area contributed by atoms with Crippen LogP contribution in [-0.2, 0) is 15.0 Å². The van der Waals surface area contributed by atoms with E-state index in [9.17, 15) is 19.1 Å². The molecule has 37 heavy (non-hydrogen) atoms. The van der Waals surface area contributed by atoms with Gasteiger partial charge in [0.25, 0.3) is 0 Å². The van der Waals surface area contributed by atoms with Crippen LogP contribution in [0.3, 0.4) is 0 Å². The van der Waals surface area contributed by atoms with Crippen LogP contribution in [0.5, 0.6) is 0 Å². The lowest BCUT2D eigenvalue weighted by molar-refractivity contribution is -0.127. The molecular formula is C28H32Cl2FN3O3. The van der Waals surface area contributed by atoms with Crippen LogP contribution >= 0.6 is 23.2 Å². The number of hydrogen-bond donors (Lipinski definition) is 4. The van der Waals surface area contributed by atoms with Crippen molar-refractivity contribution in [3.8, 4) is 0 Å². The zero-order chi connectivity index (χ0) is 26.9. The van der Waals surface area contributed by atoms with Crippen LogP contribution in [0, 0.1) is 11.2 Å². The van der Waals surface area contributed by atoms with Gasteiger partial charge in [0.15, 0.2) is 0 Å². The summed E-state index contributed by atoms with van der Waals surface area (Å²) in [4.78, 5) is 27.9. The molecule has 1 unspecified atom stereocenters. The molecule has 6 nitrogen and oxygen atoms in total. The van der Waals surface area contributed by atoms with E-state index in [1.807, 2.05) is 6.07 Å². The zero-order valence-electron chi connectivity index (χ0n) is 21.3. The molecule has 2 aromatic carbocycles. The molecule has 0 aromatic heterocycles. The van der Waals surface area contributed by atoms with Gasteiger partial charge < -0.3 is 21.1 Å². The van der Waals surface area contributed by atoms with Gasteiger partial charge in [-0.1, -0.05) is 50.0 Å². The van der Waals surface area contributed by atoms with E-state index < -0.39 is 34.8 Å². The molecular weight excluding hydrogens is 516 g/mol. The van der Waals surface area contributed by atoms with Crippen LogP contribution in [0.2, 0.25) is 10.0 Å². The third-order valence-corrected chi connectivity index (χ3v) is 8.32. The Hall–Kier alpha value is -2.19. The maximum Gasteiger partial charge on any atom is 0.238 e. The van der Waals surface area contributed by atoms with Crippen LogP contribution in [0.25, 0.3) is 0 Å². The quantitative estimate of drug-likeness (QED) is 0.437. The summed E-state index contributed by atoms with van der Waals surface area (Å²) in [6, 6.07) is 7.99. The first-order valence-corrected chi connectivity index (χ1v) is 13.3. The van der Waals surface area contributed by atoms with E-state index >= 15 is 0 Å². The Morgan fingerprint density at radius 3 is 2.49 bits per heavy atom. The van der Waals surface area contributed by atoms with Crippen molar-refractivity contribution in [1.29, 1.82) is 0 Å². The van der Waals surface area contributed by atoms with Crippen molar-refractivity contribution in [3.05, 3.63) is 63.4 Å². The number of carbonyl (C=O) groups is 2. The highest BCUT2D eigenvalue weighted by Crippen LogP contribution is 2.57. The molecule has 5 rings (SSSR count). The van der Waals surface area contributed by atoms with Crippen LogP contribution in [-0.4, -0.2) is 40.6 Å². The standard InChI is InChI=1S/C28H32Cl2FN3O3/c1-26(2,3)13-21-28(19-6-5-15(29)10-20(19)33-25(28)36)22(14-7-16(30)9-17(31)8-14)23(34-21)24(35)32-18-11-27(4,37)12-18/h5-10,18,21-23,34,37H,11-13H2,1-4H3,(H,32,35)(H,33,36)/t18?,21-,22-,23+,27?,28?/m0/s1. The maximum absolute atomic E-state index is 14.7. The summed E-state index contributed by atoms with van der Waals surface area (Å²) in [7, 11) is 0. The lowest BCUT2D eigenvalue weighted by atomic mass is 9.62. The lowest BCUT2D eigenvalue weighted by Gasteiger charge is -2.42. The van der Waals surface area contributed by atoms with Gasteiger partial charge in [-0.2, -0.15) is 0 Å². The topological polar surface area (TPSA) is 90.5 Å². The van der Waals surface area contributed by atoms with Crippen molar-refractivity contribution in [2.45, 2.75) is 82.0 Å². The number of aliphatic hydroxyl groups is 1. The van der Waals surface area contributed by atoms with Gasteiger partial charge in [0.05, 0.1) is 11.6 Å². The van der Waals surface area contributed by atoms with Gasteiger partial charge in [0, 0.05) is 33.7 Å². The zero-order valence-corrected chi connectivity index (χ0v) is 22.8. The Balaban J connectivity index is 1.68. The number of fused-ring (bicyclic) bond motifs is 2. The highest BCUT2D eigenvalue weighted by molar-refractivity contribution is 6.31. The van der Waals surface area contributed by atoms with Crippen molar-refractivity contribution in [1.82, 2.24) is 10.6 Å². The number of anilines is 1. The van der Waals surface area contributed by atoms with Crippen LogP contribution < -0.4 is 16.0 Å². The highest BCUT2D eigenvalue weighted by atomic mass is 35.5. The summed E-state index contributed by atoms with van der Waals surface area (Å²) in [5.74, 6) is -1.85. The van der Waals surface area contributed by atoms with E-state index in [0.717, 1.165) is 5.56 Å². The van der Waals surface area contributed by atoms with Gasteiger partial charge in [-0.05, 0) is 73.1 Å². The monoisotopic (exact) mass is 547 g/mol. The number of amides is 2. The van der Waals surface area contributed by atoms with Crippen molar-refractivity contribution in [3.63, 3.8) is 0 Å². The first-order valence-electron chi connectivity index (χ1n) is 12.6. The molecule has 4 N–H and O–H groups in total. The third kappa shape index (κ3) is 4.65. The van der Waals surface area contributed by atoms with Gasteiger partial charge in [0.1, 0.15) is 11.2 Å². The second-order valence-corrected chi connectivity index (χ2v) is 13.1. The molecule has 0 radical (unpaired) electrons. The largest absolute Gasteiger partial charge is 0.390 e. The number of nitrogens with one attached hydrogen (secondary N) is 3. The Bertz CT molecular complexity index is 1250. The first kappa shape index (κ1) is 26.4. The summed E-state index contributed by atoms with van der Waals surface area (Å²) in [6.07, 6.45) is 1.46.